The summed E-state index contributed by atoms with van der Waals surface area (Å²) in [5.74, 6) is -0.114. The molecule has 1 aromatic carbocycles. The lowest BCUT2D eigenvalue weighted by Gasteiger charge is -2.25. The summed E-state index contributed by atoms with van der Waals surface area (Å²) in [7, 11) is 0. The average molecular weight is 260 g/mol. The van der Waals surface area contributed by atoms with Crippen molar-refractivity contribution in [2.45, 2.75) is 18.8 Å². The molecular weight excluding hydrogens is 245 g/mol. The second kappa shape index (κ2) is 5.58. The van der Waals surface area contributed by atoms with Crippen molar-refractivity contribution in [1.82, 2.24) is 10.6 Å². The average Bonchev–Trinajstić information content (AvgIpc) is 2.31. The zero-order valence-electron chi connectivity index (χ0n) is 9.76. The van der Waals surface area contributed by atoms with Gasteiger partial charge in [-0.1, -0.05) is 18.2 Å². The smallest absolute Gasteiger partial charge is 0.406 e. The molecule has 1 aliphatic rings. The van der Waals surface area contributed by atoms with Crippen molar-refractivity contribution in [3.05, 3.63) is 29.8 Å². The van der Waals surface area contributed by atoms with E-state index in [2.05, 4.69) is 15.4 Å². The van der Waals surface area contributed by atoms with Crippen LogP contribution in [-0.4, -0.2) is 32.0 Å². The van der Waals surface area contributed by atoms with E-state index in [1.165, 1.54) is 12.1 Å². The quantitative estimate of drug-likeness (QED) is 0.867. The molecule has 0 aliphatic carbocycles. The molecule has 1 saturated heterocycles. The van der Waals surface area contributed by atoms with Crippen LogP contribution in [0.15, 0.2) is 24.3 Å². The SMILES string of the molecule is FC(F)(F)Oc1ccccc1C[C@@H]1CNCCN1. The molecular formula is C12H15F3N2O. The van der Waals surface area contributed by atoms with E-state index in [0.717, 1.165) is 19.6 Å². The number of halogens is 3. The van der Waals surface area contributed by atoms with Gasteiger partial charge in [-0.2, -0.15) is 0 Å². The van der Waals surface area contributed by atoms with Gasteiger partial charge in [0.25, 0.3) is 0 Å². The monoisotopic (exact) mass is 260 g/mol. The molecule has 1 fully saturated rings. The van der Waals surface area contributed by atoms with Gasteiger partial charge in [0.05, 0.1) is 0 Å². The summed E-state index contributed by atoms with van der Waals surface area (Å²) in [5, 5.41) is 6.46. The maximum absolute atomic E-state index is 12.2. The largest absolute Gasteiger partial charge is 0.573 e. The van der Waals surface area contributed by atoms with Crippen LogP contribution in [0.5, 0.6) is 5.75 Å². The van der Waals surface area contributed by atoms with Gasteiger partial charge in [0.1, 0.15) is 5.75 Å². The first kappa shape index (κ1) is 13.2. The van der Waals surface area contributed by atoms with Crippen LogP contribution in [0.2, 0.25) is 0 Å². The molecule has 0 saturated carbocycles. The summed E-state index contributed by atoms with van der Waals surface area (Å²) < 4.78 is 40.8. The normalized spacial score (nSPS) is 20.7. The van der Waals surface area contributed by atoms with E-state index in [4.69, 9.17) is 0 Å². The molecule has 0 radical (unpaired) electrons. The highest BCUT2D eigenvalue weighted by Gasteiger charge is 2.32. The Morgan fingerprint density at radius 2 is 2.00 bits per heavy atom. The van der Waals surface area contributed by atoms with Crippen LogP contribution in [0.4, 0.5) is 13.2 Å². The Morgan fingerprint density at radius 1 is 1.22 bits per heavy atom. The molecule has 1 heterocycles. The van der Waals surface area contributed by atoms with Crippen LogP contribution in [0.1, 0.15) is 5.56 Å². The van der Waals surface area contributed by atoms with Crippen molar-refractivity contribution in [1.29, 1.82) is 0 Å². The van der Waals surface area contributed by atoms with Gasteiger partial charge < -0.3 is 15.4 Å². The number of benzene rings is 1. The second-order valence-electron chi connectivity index (χ2n) is 4.21. The van der Waals surface area contributed by atoms with Gasteiger partial charge in [-0.3, -0.25) is 0 Å². The summed E-state index contributed by atoms with van der Waals surface area (Å²) >= 11 is 0. The Kier molecular flexibility index (Phi) is 4.08. The summed E-state index contributed by atoms with van der Waals surface area (Å²) in [6.07, 6.45) is -4.13. The Morgan fingerprint density at radius 3 is 2.67 bits per heavy atom. The minimum Gasteiger partial charge on any atom is -0.406 e. The molecule has 0 spiro atoms. The van der Waals surface area contributed by atoms with Gasteiger partial charge in [-0.25, -0.2) is 0 Å². The van der Waals surface area contributed by atoms with Crippen molar-refractivity contribution in [2.24, 2.45) is 0 Å². The van der Waals surface area contributed by atoms with Gasteiger partial charge >= 0.3 is 6.36 Å². The Labute approximate surface area is 103 Å². The predicted molar refractivity (Wildman–Crippen MR) is 61.5 cm³/mol. The molecule has 0 aromatic heterocycles. The van der Waals surface area contributed by atoms with E-state index in [9.17, 15) is 13.2 Å². The van der Waals surface area contributed by atoms with Gasteiger partial charge in [0, 0.05) is 25.7 Å². The van der Waals surface area contributed by atoms with Gasteiger partial charge in [-0.15, -0.1) is 13.2 Å². The molecule has 100 valence electrons. The lowest BCUT2D eigenvalue weighted by molar-refractivity contribution is -0.274. The Balaban J connectivity index is 2.06. The summed E-state index contributed by atoms with van der Waals surface area (Å²) in [5.41, 5.74) is 0.566. The van der Waals surface area contributed by atoms with Crippen LogP contribution < -0.4 is 15.4 Å². The molecule has 0 unspecified atom stereocenters. The molecule has 1 atom stereocenters. The van der Waals surface area contributed by atoms with Crippen molar-refractivity contribution in [3.8, 4) is 5.75 Å². The molecule has 6 heteroatoms. The number of hydrogen-bond donors (Lipinski definition) is 2. The minimum atomic E-state index is -4.64. The third kappa shape index (κ3) is 3.89. The van der Waals surface area contributed by atoms with Crippen LogP contribution >= 0.6 is 0 Å². The molecule has 1 aromatic rings. The molecule has 2 rings (SSSR count). The number of para-hydroxylation sites is 1. The molecule has 1 aliphatic heterocycles. The van der Waals surface area contributed by atoms with E-state index >= 15 is 0 Å². The standard InChI is InChI=1S/C12H15F3N2O/c13-12(14,15)18-11-4-2-1-3-9(11)7-10-8-16-5-6-17-10/h1-4,10,16-17H,5-8H2/t10-/m1/s1. The molecule has 18 heavy (non-hydrogen) atoms. The van der Waals surface area contributed by atoms with Crippen molar-refractivity contribution < 1.29 is 17.9 Å². The number of piperazine rings is 1. The lowest BCUT2D eigenvalue weighted by atomic mass is 10.0. The van der Waals surface area contributed by atoms with Gasteiger partial charge in [0.2, 0.25) is 0 Å². The van der Waals surface area contributed by atoms with E-state index in [-0.39, 0.29) is 11.8 Å². The summed E-state index contributed by atoms with van der Waals surface area (Å²) in [6, 6.07) is 6.40. The second-order valence-corrected chi connectivity index (χ2v) is 4.21. The Hall–Kier alpha value is -1.27. The van der Waals surface area contributed by atoms with Crippen molar-refractivity contribution >= 4 is 0 Å². The minimum absolute atomic E-state index is 0.114. The number of hydrogen-bond acceptors (Lipinski definition) is 3. The highest BCUT2D eigenvalue weighted by atomic mass is 19.4. The number of ether oxygens (including phenoxy) is 1. The molecule has 3 nitrogen and oxygen atoms in total. The van der Waals surface area contributed by atoms with Crippen molar-refractivity contribution in [3.63, 3.8) is 0 Å². The highest BCUT2D eigenvalue weighted by Crippen LogP contribution is 2.27. The zero-order chi connectivity index (χ0) is 13.0. The van der Waals surface area contributed by atoms with Gasteiger partial charge in [-0.05, 0) is 18.1 Å². The van der Waals surface area contributed by atoms with E-state index in [1.54, 1.807) is 12.1 Å². The first-order valence-corrected chi connectivity index (χ1v) is 5.82. The predicted octanol–water partition coefficient (Wildman–Crippen LogP) is 1.69. The fourth-order valence-electron chi connectivity index (χ4n) is 2.02. The summed E-state index contributed by atoms with van der Waals surface area (Å²) in [4.78, 5) is 0. The first-order chi connectivity index (χ1) is 8.54. The maximum Gasteiger partial charge on any atom is 0.573 e. The summed E-state index contributed by atoms with van der Waals surface area (Å²) in [6.45, 7) is 2.46. The lowest BCUT2D eigenvalue weighted by Crippen LogP contribution is -2.49. The number of alkyl halides is 3. The fourth-order valence-corrected chi connectivity index (χ4v) is 2.02. The highest BCUT2D eigenvalue weighted by molar-refractivity contribution is 5.34. The van der Waals surface area contributed by atoms with Crippen LogP contribution in [0.3, 0.4) is 0 Å². The third-order valence-corrected chi connectivity index (χ3v) is 2.79. The number of rotatable bonds is 3. The fraction of sp³-hybridized carbons (Fsp3) is 0.500. The zero-order valence-corrected chi connectivity index (χ0v) is 9.76. The van der Waals surface area contributed by atoms with E-state index in [0.29, 0.717) is 12.0 Å². The van der Waals surface area contributed by atoms with Crippen LogP contribution in [0, 0.1) is 0 Å². The molecule has 2 N–H and O–H groups in total. The van der Waals surface area contributed by atoms with E-state index in [1.807, 2.05) is 0 Å². The van der Waals surface area contributed by atoms with Crippen LogP contribution in [-0.2, 0) is 6.42 Å². The van der Waals surface area contributed by atoms with Crippen molar-refractivity contribution in [2.75, 3.05) is 19.6 Å². The third-order valence-electron chi connectivity index (χ3n) is 2.79. The Bertz CT molecular complexity index is 389. The topological polar surface area (TPSA) is 33.3 Å². The number of nitrogens with one attached hydrogen (secondary N) is 2. The molecule has 0 amide bonds. The maximum atomic E-state index is 12.2. The van der Waals surface area contributed by atoms with Crippen LogP contribution in [0.25, 0.3) is 0 Å². The molecule has 0 bridgehead atoms. The van der Waals surface area contributed by atoms with Gasteiger partial charge in [0.15, 0.2) is 0 Å². The first-order valence-electron chi connectivity index (χ1n) is 5.82. The van der Waals surface area contributed by atoms with E-state index < -0.39 is 6.36 Å².